The van der Waals surface area contributed by atoms with Crippen LogP contribution in [-0.2, 0) is 0 Å². The van der Waals surface area contributed by atoms with Gasteiger partial charge in [-0.1, -0.05) is 12.1 Å². The molecule has 8 heteroatoms. The lowest BCUT2D eigenvalue weighted by Gasteiger charge is -2.07. The van der Waals surface area contributed by atoms with Crippen molar-refractivity contribution in [3.05, 3.63) is 64.6 Å². The maximum Gasteiger partial charge on any atom is 0.586 e. The molecule has 0 atom stereocenters. The largest absolute Gasteiger partial charge is 0.586 e. The Morgan fingerprint density at radius 3 is 2.69 bits per heavy atom. The van der Waals surface area contributed by atoms with Gasteiger partial charge in [-0.05, 0) is 49.7 Å². The number of benzene rings is 1. The van der Waals surface area contributed by atoms with Crippen molar-refractivity contribution in [2.45, 2.75) is 13.3 Å². The number of halogens is 2. The van der Waals surface area contributed by atoms with Gasteiger partial charge in [-0.2, -0.15) is 0 Å². The number of hydrogen-bond acceptors (Lipinski definition) is 3. The number of aromatic hydroxyl groups is 1. The van der Waals surface area contributed by atoms with E-state index in [9.17, 15) is 5.11 Å². The molecule has 5 nitrogen and oxygen atoms in total. The highest BCUT2D eigenvalue weighted by Gasteiger charge is 2.20. The molecule has 0 spiro atoms. The number of para-hydroxylation sites is 1. The predicted octanol–water partition coefficient (Wildman–Crippen LogP) is 3.31. The number of rotatable bonds is 6. The van der Waals surface area contributed by atoms with Crippen LogP contribution in [0.4, 0.5) is 9.41 Å². The van der Waals surface area contributed by atoms with Crippen LogP contribution in [0.5, 0.6) is 11.5 Å². The van der Waals surface area contributed by atoms with Gasteiger partial charge < -0.3 is 20.6 Å². The van der Waals surface area contributed by atoms with Crippen LogP contribution in [0.25, 0.3) is 17.7 Å². The highest BCUT2D eigenvalue weighted by Crippen LogP contribution is 2.31. The van der Waals surface area contributed by atoms with Gasteiger partial charge in [-0.3, -0.25) is 13.9 Å². The molecule has 0 bridgehead atoms. The van der Waals surface area contributed by atoms with E-state index in [0.29, 0.717) is 24.3 Å². The van der Waals surface area contributed by atoms with Gasteiger partial charge in [0, 0.05) is 29.0 Å². The van der Waals surface area contributed by atoms with Gasteiger partial charge in [-0.15, -0.1) is 0 Å². The summed E-state index contributed by atoms with van der Waals surface area (Å²) in [6, 6.07) is 7.45. The van der Waals surface area contributed by atoms with Crippen LogP contribution in [0.3, 0.4) is 0 Å². The Kier molecular flexibility index (Phi) is 8.60. The molecule has 0 saturated heterocycles. The Hall–Kier alpha value is -3.13. The summed E-state index contributed by atoms with van der Waals surface area (Å²) in [6.07, 6.45) is 10.2. The molecule has 0 saturated carbocycles. The van der Waals surface area contributed by atoms with E-state index in [-0.39, 0.29) is 15.2 Å². The number of phenolic OH excluding ortho intramolecular Hbond substituents is 1. The molecule has 2 heterocycles. The minimum Gasteiger partial charge on any atom is -0.504 e. The molecule has 1 aliphatic rings. The molecule has 4 N–H and O–H groups in total. The summed E-state index contributed by atoms with van der Waals surface area (Å²) in [5.74, 6) is 0.568. The topological polar surface area (TPSA) is 74.3 Å². The van der Waals surface area contributed by atoms with Crippen molar-refractivity contribution >= 4 is 31.9 Å². The third kappa shape index (κ3) is 5.03. The summed E-state index contributed by atoms with van der Waals surface area (Å²) in [5.41, 5.74) is 11.6. The lowest BCUT2D eigenvalue weighted by atomic mass is 10.0. The third-order valence-electron chi connectivity index (χ3n) is 4.51. The van der Waals surface area contributed by atoms with Gasteiger partial charge in [0.15, 0.2) is 17.2 Å². The normalized spacial score (nSPS) is 14.4. The molecule has 29 heavy (non-hydrogen) atoms. The SMILES string of the molecule is F.F.[B][N+]1=CC=CC1=C(CCN)c1[nH]c(/C=C/c2cccc(OC)c2O)cc1C. The summed E-state index contributed by atoms with van der Waals surface area (Å²) in [7, 11) is 7.57. The molecule has 1 aliphatic heterocycles. The molecular weight excluding hydrogens is 375 g/mol. The van der Waals surface area contributed by atoms with Crippen LogP contribution in [-0.4, -0.2) is 42.4 Å². The number of hydrogen-bond donors (Lipinski definition) is 3. The number of nitrogens with one attached hydrogen (secondary N) is 1. The summed E-state index contributed by atoms with van der Waals surface area (Å²) < 4.78 is 6.76. The standard InChI is InChI=1S/C21H23BN3O2.2FH/c1-14-13-16(9-8-15-5-3-7-19(27-2)21(15)26)24-20(14)17(10-11-23)18-6-4-12-25(18)22;;/h3-9,12-13,24,26H,10-11,23H2,1-2H3;2*1H/q+1;;/b9-8+;;. The summed E-state index contributed by atoms with van der Waals surface area (Å²) in [6.45, 7) is 2.58. The number of aromatic nitrogens is 1. The first-order chi connectivity index (χ1) is 13.0. The summed E-state index contributed by atoms with van der Waals surface area (Å²) in [4.78, 5) is 3.44. The van der Waals surface area contributed by atoms with Crippen molar-refractivity contribution in [2.75, 3.05) is 13.7 Å². The molecule has 3 rings (SSSR count). The average molecular weight is 400 g/mol. The predicted molar refractivity (Wildman–Crippen MR) is 116 cm³/mol. The monoisotopic (exact) mass is 400 g/mol. The second kappa shape index (κ2) is 10.4. The first-order valence-corrected chi connectivity index (χ1v) is 8.78. The quantitative estimate of drug-likeness (QED) is 0.652. The molecular formula is C21H25BF2N3O2+. The zero-order chi connectivity index (χ0) is 19.4. The maximum atomic E-state index is 10.2. The number of methoxy groups -OCH3 is 1. The van der Waals surface area contributed by atoms with Crippen molar-refractivity contribution < 1.29 is 23.7 Å². The van der Waals surface area contributed by atoms with Gasteiger partial charge in [-0.25, -0.2) is 0 Å². The van der Waals surface area contributed by atoms with Crippen LogP contribution >= 0.6 is 0 Å². The Balaban J connectivity index is 0.00000210. The first kappa shape index (κ1) is 23.9. The zero-order valence-corrected chi connectivity index (χ0v) is 16.4. The number of nitrogens with zero attached hydrogens (tertiary/aromatic N) is 1. The minimum atomic E-state index is 0. The third-order valence-corrected chi connectivity index (χ3v) is 4.51. The number of H-pyrrole nitrogens is 1. The molecule has 1 aromatic heterocycles. The Bertz CT molecular complexity index is 978. The zero-order valence-electron chi connectivity index (χ0n) is 16.4. The van der Waals surface area contributed by atoms with Gasteiger partial charge in [0.1, 0.15) is 6.21 Å². The number of aryl methyl sites for hydroxylation is 1. The highest BCUT2D eigenvalue weighted by atomic mass is 19.0. The van der Waals surface area contributed by atoms with Crippen LogP contribution in [0, 0.1) is 6.92 Å². The molecule has 2 aromatic rings. The number of phenols is 1. The van der Waals surface area contributed by atoms with Gasteiger partial charge in [0.25, 0.3) is 0 Å². The number of aromatic amines is 1. The highest BCUT2D eigenvalue weighted by molar-refractivity contribution is 6.01. The lowest BCUT2D eigenvalue weighted by molar-refractivity contribution is -0.294. The van der Waals surface area contributed by atoms with E-state index in [1.165, 1.54) is 7.11 Å². The second-order valence-corrected chi connectivity index (χ2v) is 6.33. The van der Waals surface area contributed by atoms with E-state index >= 15 is 0 Å². The summed E-state index contributed by atoms with van der Waals surface area (Å²) in [5, 5.41) is 10.2. The van der Waals surface area contributed by atoms with Crippen LogP contribution in [0.2, 0.25) is 0 Å². The molecule has 2 radical (unpaired) electrons. The average Bonchev–Trinajstić information content (AvgIpc) is 3.24. The fourth-order valence-corrected chi connectivity index (χ4v) is 3.18. The summed E-state index contributed by atoms with van der Waals surface area (Å²) >= 11 is 0. The fourth-order valence-electron chi connectivity index (χ4n) is 3.18. The van der Waals surface area contributed by atoms with Crippen LogP contribution in [0.15, 0.2) is 42.1 Å². The van der Waals surface area contributed by atoms with Crippen LogP contribution in [0.1, 0.15) is 28.9 Å². The molecule has 0 amide bonds. The number of nitrogens with two attached hydrogens (primary N) is 1. The van der Waals surface area contributed by atoms with E-state index in [1.54, 1.807) is 10.6 Å². The van der Waals surface area contributed by atoms with E-state index in [4.69, 9.17) is 18.5 Å². The van der Waals surface area contributed by atoms with Gasteiger partial charge in [0.05, 0.1) is 12.8 Å². The van der Waals surface area contributed by atoms with E-state index in [0.717, 1.165) is 28.2 Å². The Morgan fingerprint density at radius 2 is 2.07 bits per heavy atom. The smallest absolute Gasteiger partial charge is 0.504 e. The molecule has 0 aliphatic carbocycles. The second-order valence-electron chi connectivity index (χ2n) is 6.33. The fraction of sp³-hybridized carbons (Fsp3) is 0.190. The van der Waals surface area contributed by atoms with Gasteiger partial charge in [0.2, 0.25) is 0 Å². The molecule has 1 aromatic carbocycles. The van der Waals surface area contributed by atoms with E-state index in [2.05, 4.69) is 11.1 Å². The van der Waals surface area contributed by atoms with E-state index in [1.807, 2.05) is 49.6 Å². The van der Waals surface area contributed by atoms with Crippen molar-refractivity contribution in [3.63, 3.8) is 0 Å². The molecule has 0 unspecified atom stereocenters. The minimum absolute atomic E-state index is 0. The first-order valence-electron chi connectivity index (χ1n) is 8.78. The van der Waals surface area contributed by atoms with Crippen molar-refractivity contribution in [2.24, 2.45) is 5.73 Å². The Morgan fingerprint density at radius 1 is 1.31 bits per heavy atom. The van der Waals surface area contributed by atoms with Crippen LogP contribution < -0.4 is 10.5 Å². The maximum absolute atomic E-state index is 10.2. The number of ether oxygens (including phenoxy) is 1. The molecule has 0 fully saturated rings. The number of allylic oxidation sites excluding steroid dienone is 2. The van der Waals surface area contributed by atoms with Crippen molar-refractivity contribution in [1.29, 1.82) is 0 Å². The van der Waals surface area contributed by atoms with Crippen molar-refractivity contribution in [1.82, 2.24) is 4.98 Å². The lowest BCUT2D eigenvalue weighted by Crippen LogP contribution is -2.09. The van der Waals surface area contributed by atoms with Gasteiger partial charge >= 0.3 is 7.98 Å². The van der Waals surface area contributed by atoms with E-state index < -0.39 is 0 Å². The molecule has 152 valence electrons. The van der Waals surface area contributed by atoms with Crippen molar-refractivity contribution in [3.8, 4) is 11.5 Å². The Labute approximate surface area is 170 Å².